The van der Waals surface area contributed by atoms with E-state index in [9.17, 15) is 4.79 Å². The zero-order chi connectivity index (χ0) is 12.4. The first-order chi connectivity index (χ1) is 8.09. The molecule has 1 fully saturated rings. The lowest BCUT2D eigenvalue weighted by atomic mass is 10.1. The topological polar surface area (TPSA) is 46.3 Å². The molecule has 2 N–H and O–H groups in total. The van der Waals surface area contributed by atoms with Crippen LogP contribution in [-0.2, 0) is 0 Å². The molecule has 0 aromatic heterocycles. The molecule has 0 radical (unpaired) electrons. The number of hydrogen-bond donors (Lipinski definition) is 1. The van der Waals surface area contributed by atoms with Gasteiger partial charge < -0.3 is 10.6 Å². The van der Waals surface area contributed by atoms with Gasteiger partial charge in [-0.25, -0.2) is 0 Å². The molecule has 1 unspecified atom stereocenters. The quantitative estimate of drug-likeness (QED) is 0.661. The van der Waals surface area contributed by atoms with Crippen molar-refractivity contribution >= 4 is 28.9 Å². The molecule has 2 rings (SSSR count). The maximum Gasteiger partial charge on any atom is 0.161 e. The minimum absolute atomic E-state index is 0.0264. The van der Waals surface area contributed by atoms with E-state index in [1.54, 1.807) is 6.92 Å². The zero-order valence-corrected chi connectivity index (χ0v) is 11.1. The second-order valence-corrected chi connectivity index (χ2v) is 5.61. The summed E-state index contributed by atoms with van der Waals surface area (Å²) in [6.45, 7) is 1.56. The minimum atomic E-state index is 0.0264. The van der Waals surface area contributed by atoms with Gasteiger partial charge in [0.2, 0.25) is 0 Å². The lowest BCUT2D eigenvalue weighted by Crippen LogP contribution is -2.31. The third-order valence-electron chi connectivity index (χ3n) is 3.28. The molecule has 1 saturated heterocycles. The van der Waals surface area contributed by atoms with E-state index in [2.05, 4.69) is 11.9 Å². The normalized spacial score (nSPS) is 19.3. The van der Waals surface area contributed by atoms with Gasteiger partial charge in [0.05, 0.1) is 0 Å². The van der Waals surface area contributed by atoms with Crippen LogP contribution in [0.5, 0.6) is 0 Å². The van der Waals surface area contributed by atoms with Crippen molar-refractivity contribution in [2.24, 2.45) is 0 Å². The Hall–Kier alpha value is -1.16. The highest BCUT2D eigenvalue weighted by Crippen LogP contribution is 2.28. The van der Waals surface area contributed by atoms with E-state index in [1.165, 1.54) is 12.2 Å². The number of anilines is 2. The molecule has 1 aromatic rings. The Kier molecular flexibility index (Phi) is 3.62. The Morgan fingerprint density at radius 1 is 1.53 bits per heavy atom. The van der Waals surface area contributed by atoms with E-state index in [0.29, 0.717) is 17.3 Å². The van der Waals surface area contributed by atoms with E-state index in [-0.39, 0.29) is 5.78 Å². The first-order valence-electron chi connectivity index (χ1n) is 5.80. The van der Waals surface area contributed by atoms with Crippen molar-refractivity contribution in [2.45, 2.75) is 19.4 Å². The van der Waals surface area contributed by atoms with Crippen LogP contribution in [0.1, 0.15) is 23.7 Å². The third kappa shape index (κ3) is 2.57. The van der Waals surface area contributed by atoms with Crippen molar-refractivity contribution in [2.75, 3.05) is 29.2 Å². The van der Waals surface area contributed by atoms with Crippen LogP contribution in [0.3, 0.4) is 0 Å². The smallest absolute Gasteiger partial charge is 0.161 e. The van der Waals surface area contributed by atoms with Crippen molar-refractivity contribution < 1.29 is 4.79 Å². The fraction of sp³-hybridized carbons (Fsp3) is 0.462. The highest BCUT2D eigenvalue weighted by molar-refractivity contribution is 7.99. The van der Waals surface area contributed by atoms with Crippen molar-refractivity contribution in [3.05, 3.63) is 23.8 Å². The van der Waals surface area contributed by atoms with Gasteiger partial charge in [-0.1, -0.05) is 0 Å². The number of nitrogens with two attached hydrogens (primary N) is 1. The minimum Gasteiger partial charge on any atom is -0.398 e. The van der Waals surface area contributed by atoms with Gasteiger partial charge in [0.25, 0.3) is 0 Å². The predicted molar refractivity (Wildman–Crippen MR) is 75.0 cm³/mol. The standard InChI is InChI=1S/C13H18N2OS/c1-9(16)12-7-10(3-4-13(12)14)15(2)11-5-6-17-8-11/h3-4,7,11H,5-6,8,14H2,1-2H3. The highest BCUT2D eigenvalue weighted by Gasteiger charge is 2.21. The van der Waals surface area contributed by atoms with Gasteiger partial charge in [-0.15, -0.1) is 0 Å². The summed E-state index contributed by atoms with van der Waals surface area (Å²) in [5.41, 5.74) is 8.07. The molecule has 1 aromatic carbocycles. The van der Waals surface area contributed by atoms with Crippen LogP contribution in [0.15, 0.2) is 18.2 Å². The molecule has 3 nitrogen and oxygen atoms in total. The Morgan fingerprint density at radius 2 is 2.29 bits per heavy atom. The molecule has 0 saturated carbocycles. The Morgan fingerprint density at radius 3 is 2.88 bits per heavy atom. The lowest BCUT2D eigenvalue weighted by molar-refractivity contribution is 0.101. The second kappa shape index (κ2) is 5.00. The molecule has 0 bridgehead atoms. The molecular formula is C13H18N2OS. The number of nitrogen functional groups attached to an aromatic ring is 1. The summed E-state index contributed by atoms with van der Waals surface area (Å²) in [6.07, 6.45) is 1.21. The summed E-state index contributed by atoms with van der Waals surface area (Å²) in [5.74, 6) is 2.42. The summed E-state index contributed by atoms with van der Waals surface area (Å²) in [4.78, 5) is 13.7. The molecule has 4 heteroatoms. The van der Waals surface area contributed by atoms with Crippen LogP contribution in [0.4, 0.5) is 11.4 Å². The molecule has 1 heterocycles. The number of hydrogen-bond acceptors (Lipinski definition) is 4. The van der Waals surface area contributed by atoms with Gasteiger partial charge in [-0.3, -0.25) is 4.79 Å². The first-order valence-corrected chi connectivity index (χ1v) is 6.96. The highest BCUT2D eigenvalue weighted by atomic mass is 32.2. The van der Waals surface area contributed by atoms with Crippen molar-refractivity contribution in [1.29, 1.82) is 0 Å². The fourth-order valence-electron chi connectivity index (χ4n) is 2.11. The van der Waals surface area contributed by atoms with Crippen molar-refractivity contribution in [3.63, 3.8) is 0 Å². The Bertz CT molecular complexity index is 427. The molecule has 1 aliphatic rings. The number of carbonyl (C=O) groups excluding carboxylic acids is 1. The van der Waals surface area contributed by atoms with E-state index in [1.807, 2.05) is 30.0 Å². The van der Waals surface area contributed by atoms with E-state index >= 15 is 0 Å². The second-order valence-electron chi connectivity index (χ2n) is 4.46. The SMILES string of the molecule is CC(=O)c1cc(N(C)C2CCSC2)ccc1N. The third-order valence-corrected chi connectivity index (χ3v) is 4.42. The molecular weight excluding hydrogens is 232 g/mol. The van der Waals surface area contributed by atoms with Crippen LogP contribution in [-0.4, -0.2) is 30.4 Å². The van der Waals surface area contributed by atoms with Gasteiger partial charge in [0.1, 0.15) is 0 Å². The van der Waals surface area contributed by atoms with Crippen LogP contribution in [0.2, 0.25) is 0 Å². The summed E-state index contributed by atoms with van der Waals surface area (Å²) in [6, 6.07) is 6.29. The lowest BCUT2D eigenvalue weighted by Gasteiger charge is -2.26. The number of ketones is 1. The van der Waals surface area contributed by atoms with Crippen molar-refractivity contribution in [1.82, 2.24) is 0 Å². The van der Waals surface area contributed by atoms with Crippen LogP contribution in [0.25, 0.3) is 0 Å². The monoisotopic (exact) mass is 250 g/mol. The van der Waals surface area contributed by atoms with Crippen molar-refractivity contribution in [3.8, 4) is 0 Å². The predicted octanol–water partition coefficient (Wildman–Crippen LogP) is 2.41. The average Bonchev–Trinajstić information content (AvgIpc) is 2.81. The number of rotatable bonds is 3. The van der Waals surface area contributed by atoms with Gasteiger partial charge >= 0.3 is 0 Å². The number of Topliss-reactive ketones (excluding diaryl/α,β-unsaturated/α-hetero) is 1. The maximum absolute atomic E-state index is 11.5. The molecule has 0 amide bonds. The summed E-state index contributed by atoms with van der Waals surface area (Å²) in [7, 11) is 2.09. The fourth-order valence-corrected chi connectivity index (χ4v) is 3.37. The van der Waals surface area contributed by atoms with Crippen LogP contribution >= 0.6 is 11.8 Å². The molecule has 1 atom stereocenters. The molecule has 92 valence electrons. The van der Waals surface area contributed by atoms with E-state index in [0.717, 1.165) is 11.4 Å². The van der Waals surface area contributed by atoms with Gasteiger partial charge in [0, 0.05) is 35.8 Å². The maximum atomic E-state index is 11.5. The number of thioether (sulfide) groups is 1. The Labute approximate surface area is 106 Å². The van der Waals surface area contributed by atoms with Gasteiger partial charge in [0.15, 0.2) is 5.78 Å². The zero-order valence-electron chi connectivity index (χ0n) is 10.3. The van der Waals surface area contributed by atoms with Gasteiger partial charge in [-0.05, 0) is 37.3 Å². The first kappa shape index (κ1) is 12.3. The molecule has 17 heavy (non-hydrogen) atoms. The number of nitrogens with zero attached hydrogens (tertiary/aromatic N) is 1. The van der Waals surface area contributed by atoms with Crippen LogP contribution in [0, 0.1) is 0 Å². The Balaban J connectivity index is 2.26. The largest absolute Gasteiger partial charge is 0.398 e. The summed E-state index contributed by atoms with van der Waals surface area (Å²) >= 11 is 1.99. The number of carbonyl (C=O) groups is 1. The molecule has 0 spiro atoms. The molecule has 1 aliphatic heterocycles. The molecule has 0 aliphatic carbocycles. The average molecular weight is 250 g/mol. The number of benzene rings is 1. The van der Waals surface area contributed by atoms with Gasteiger partial charge in [-0.2, -0.15) is 11.8 Å². The van der Waals surface area contributed by atoms with Crippen LogP contribution < -0.4 is 10.6 Å². The van der Waals surface area contributed by atoms with E-state index < -0.39 is 0 Å². The summed E-state index contributed by atoms with van der Waals surface area (Å²) in [5, 5.41) is 0. The van der Waals surface area contributed by atoms with E-state index in [4.69, 9.17) is 5.73 Å². The summed E-state index contributed by atoms with van der Waals surface area (Å²) < 4.78 is 0.